The number of hydrogen-bond acceptors (Lipinski definition) is 5. The fourth-order valence-electron chi connectivity index (χ4n) is 1.94. The Bertz CT molecular complexity index is 553. The van der Waals surface area contributed by atoms with Gasteiger partial charge in [0.05, 0.1) is 5.69 Å². The monoisotopic (exact) mass is 310 g/mol. The van der Waals surface area contributed by atoms with Crippen LogP contribution in [0, 0.1) is 0 Å². The van der Waals surface area contributed by atoms with Gasteiger partial charge in [0.1, 0.15) is 0 Å². The van der Waals surface area contributed by atoms with Crippen LogP contribution in [0.1, 0.15) is 4.88 Å². The second kappa shape index (κ2) is 7.04. The molecule has 0 unspecified atom stereocenters. The molecule has 0 atom stereocenters. The first-order valence-corrected chi connectivity index (χ1v) is 7.64. The number of rotatable bonds is 6. The minimum atomic E-state index is 0.604. The van der Waals surface area contributed by atoms with Crippen LogP contribution in [0.5, 0.6) is 0 Å². The molecule has 6 heteroatoms. The van der Waals surface area contributed by atoms with Gasteiger partial charge in [0.25, 0.3) is 0 Å². The lowest BCUT2D eigenvalue weighted by molar-refractivity contribution is 0.331. The molecule has 0 spiro atoms. The van der Waals surface area contributed by atoms with Crippen molar-refractivity contribution in [1.82, 2.24) is 15.2 Å². The molecule has 0 radical (unpaired) electrons. The predicted octanol–water partition coefficient (Wildman–Crippen LogP) is 2.70. The molecule has 0 fully saturated rings. The SMILES string of the molecule is CNCCN(C)Cc1sc(N)nc1-c1ccc(Cl)cc1. The summed E-state index contributed by atoms with van der Waals surface area (Å²) < 4.78 is 0. The Morgan fingerprint density at radius 1 is 1.35 bits per heavy atom. The number of thiazole rings is 1. The Labute approximate surface area is 128 Å². The van der Waals surface area contributed by atoms with Crippen molar-refractivity contribution in [3.8, 4) is 11.3 Å². The Hall–Kier alpha value is -1.14. The third-order valence-electron chi connectivity index (χ3n) is 2.99. The van der Waals surface area contributed by atoms with Crippen molar-refractivity contribution in [3.05, 3.63) is 34.2 Å². The van der Waals surface area contributed by atoms with Gasteiger partial charge in [-0.3, -0.25) is 4.90 Å². The Morgan fingerprint density at radius 2 is 2.05 bits per heavy atom. The first kappa shape index (κ1) is 15.3. The van der Waals surface area contributed by atoms with Gasteiger partial charge >= 0.3 is 0 Å². The normalized spacial score (nSPS) is 11.2. The van der Waals surface area contributed by atoms with E-state index >= 15 is 0 Å². The highest BCUT2D eigenvalue weighted by Gasteiger charge is 2.13. The fourth-order valence-corrected chi connectivity index (χ4v) is 3.00. The number of hydrogen-bond donors (Lipinski definition) is 2. The Balaban J connectivity index is 2.19. The van der Waals surface area contributed by atoms with Gasteiger partial charge in [0, 0.05) is 35.1 Å². The predicted molar refractivity (Wildman–Crippen MR) is 87.2 cm³/mol. The average Bonchev–Trinajstić information content (AvgIpc) is 2.78. The van der Waals surface area contributed by atoms with Crippen molar-refractivity contribution in [3.63, 3.8) is 0 Å². The minimum Gasteiger partial charge on any atom is -0.375 e. The number of nitrogen functional groups attached to an aromatic ring is 1. The van der Waals surface area contributed by atoms with Gasteiger partial charge < -0.3 is 11.1 Å². The lowest BCUT2D eigenvalue weighted by Gasteiger charge is -2.15. The van der Waals surface area contributed by atoms with Gasteiger partial charge in [-0.25, -0.2) is 4.98 Å². The molecule has 0 bridgehead atoms. The summed E-state index contributed by atoms with van der Waals surface area (Å²) >= 11 is 7.47. The van der Waals surface area contributed by atoms with Crippen LogP contribution in [0.15, 0.2) is 24.3 Å². The van der Waals surface area contributed by atoms with Crippen molar-refractivity contribution < 1.29 is 0 Å². The maximum atomic E-state index is 5.93. The van der Waals surface area contributed by atoms with Crippen LogP contribution < -0.4 is 11.1 Å². The maximum Gasteiger partial charge on any atom is 0.180 e. The van der Waals surface area contributed by atoms with E-state index in [2.05, 4.69) is 22.2 Å². The summed E-state index contributed by atoms with van der Waals surface area (Å²) in [5.74, 6) is 0. The number of nitrogens with two attached hydrogens (primary N) is 1. The summed E-state index contributed by atoms with van der Waals surface area (Å²) in [6, 6.07) is 7.71. The van der Waals surface area contributed by atoms with Crippen LogP contribution in [0.25, 0.3) is 11.3 Å². The van der Waals surface area contributed by atoms with Crippen LogP contribution in [0.2, 0.25) is 5.02 Å². The van der Waals surface area contributed by atoms with Gasteiger partial charge in [-0.15, -0.1) is 11.3 Å². The summed E-state index contributed by atoms with van der Waals surface area (Å²) in [7, 11) is 4.05. The zero-order valence-corrected chi connectivity index (χ0v) is 13.3. The molecule has 3 N–H and O–H groups in total. The summed E-state index contributed by atoms with van der Waals surface area (Å²) in [6.45, 7) is 2.78. The molecule has 0 saturated carbocycles. The van der Waals surface area contributed by atoms with Crippen LogP contribution in [0.3, 0.4) is 0 Å². The third-order valence-corrected chi connectivity index (χ3v) is 4.11. The highest BCUT2D eigenvalue weighted by molar-refractivity contribution is 7.15. The van der Waals surface area contributed by atoms with E-state index in [1.807, 2.05) is 31.3 Å². The van der Waals surface area contributed by atoms with E-state index in [0.717, 1.165) is 35.9 Å². The third kappa shape index (κ3) is 3.93. The molecule has 108 valence electrons. The van der Waals surface area contributed by atoms with E-state index in [1.165, 1.54) is 4.88 Å². The molecule has 0 aliphatic rings. The second-order valence-corrected chi connectivity index (χ2v) is 6.22. The summed E-state index contributed by atoms with van der Waals surface area (Å²) in [5.41, 5.74) is 7.89. The zero-order chi connectivity index (χ0) is 14.5. The maximum absolute atomic E-state index is 5.93. The van der Waals surface area contributed by atoms with Crippen molar-refractivity contribution in [2.45, 2.75) is 6.54 Å². The second-order valence-electron chi connectivity index (χ2n) is 4.67. The standard InChI is InChI=1S/C14H19ClN4S/c1-17-7-8-19(2)9-12-13(18-14(16)20-12)10-3-5-11(15)6-4-10/h3-6,17H,7-9H2,1-2H3,(H2,16,18). The highest BCUT2D eigenvalue weighted by atomic mass is 35.5. The van der Waals surface area contributed by atoms with Gasteiger partial charge in [0.15, 0.2) is 5.13 Å². The summed E-state index contributed by atoms with van der Waals surface area (Å²) in [4.78, 5) is 7.89. The van der Waals surface area contributed by atoms with Crippen molar-refractivity contribution >= 4 is 28.1 Å². The number of nitrogens with one attached hydrogen (secondary N) is 1. The first-order chi connectivity index (χ1) is 9.60. The van der Waals surface area contributed by atoms with E-state index in [1.54, 1.807) is 11.3 Å². The Morgan fingerprint density at radius 3 is 2.70 bits per heavy atom. The number of halogens is 1. The Kier molecular flexibility index (Phi) is 5.37. The number of anilines is 1. The van der Waals surface area contributed by atoms with E-state index < -0.39 is 0 Å². The minimum absolute atomic E-state index is 0.604. The van der Waals surface area contributed by atoms with E-state index in [9.17, 15) is 0 Å². The lowest BCUT2D eigenvalue weighted by atomic mass is 10.1. The topological polar surface area (TPSA) is 54.2 Å². The van der Waals surface area contributed by atoms with Crippen molar-refractivity contribution in [1.29, 1.82) is 0 Å². The van der Waals surface area contributed by atoms with E-state index in [0.29, 0.717) is 5.13 Å². The van der Waals surface area contributed by atoms with Gasteiger partial charge in [-0.05, 0) is 26.2 Å². The van der Waals surface area contributed by atoms with Crippen LogP contribution >= 0.6 is 22.9 Å². The quantitative estimate of drug-likeness (QED) is 0.861. The molecule has 0 saturated heterocycles. The largest absolute Gasteiger partial charge is 0.375 e. The molecule has 0 aliphatic heterocycles. The number of aromatic nitrogens is 1. The number of nitrogens with zero attached hydrogens (tertiary/aromatic N) is 2. The molecule has 2 aromatic rings. The van der Waals surface area contributed by atoms with Gasteiger partial charge in [-0.2, -0.15) is 0 Å². The molecular weight excluding hydrogens is 292 g/mol. The number of benzene rings is 1. The summed E-state index contributed by atoms with van der Waals surface area (Å²) in [5, 5.41) is 4.48. The lowest BCUT2D eigenvalue weighted by Crippen LogP contribution is -2.26. The van der Waals surface area contributed by atoms with E-state index in [4.69, 9.17) is 17.3 Å². The molecule has 1 aromatic heterocycles. The smallest absolute Gasteiger partial charge is 0.180 e. The highest BCUT2D eigenvalue weighted by Crippen LogP contribution is 2.31. The molecule has 2 rings (SSSR count). The fraction of sp³-hybridized carbons (Fsp3) is 0.357. The molecule has 1 heterocycles. The van der Waals surface area contributed by atoms with Crippen molar-refractivity contribution in [2.75, 3.05) is 32.9 Å². The van der Waals surface area contributed by atoms with Gasteiger partial charge in [0.2, 0.25) is 0 Å². The first-order valence-electron chi connectivity index (χ1n) is 6.44. The number of likely N-dealkylation sites (N-methyl/N-ethyl adjacent to an activating group) is 2. The van der Waals surface area contributed by atoms with Crippen molar-refractivity contribution in [2.24, 2.45) is 0 Å². The summed E-state index contributed by atoms with van der Waals surface area (Å²) in [6.07, 6.45) is 0. The molecule has 0 amide bonds. The zero-order valence-electron chi connectivity index (χ0n) is 11.7. The van der Waals surface area contributed by atoms with Crippen LogP contribution in [-0.4, -0.2) is 37.1 Å². The van der Waals surface area contributed by atoms with Gasteiger partial charge in [-0.1, -0.05) is 23.7 Å². The van der Waals surface area contributed by atoms with E-state index in [-0.39, 0.29) is 0 Å². The molecule has 1 aromatic carbocycles. The molecular formula is C14H19ClN4S. The molecule has 20 heavy (non-hydrogen) atoms. The van der Waals surface area contributed by atoms with Crippen LogP contribution in [-0.2, 0) is 6.54 Å². The molecule has 4 nitrogen and oxygen atoms in total. The van der Waals surface area contributed by atoms with Crippen LogP contribution in [0.4, 0.5) is 5.13 Å². The molecule has 0 aliphatic carbocycles. The average molecular weight is 311 g/mol.